The van der Waals surface area contributed by atoms with Crippen LogP contribution in [0.15, 0.2) is 18.2 Å². The van der Waals surface area contributed by atoms with E-state index in [0.717, 1.165) is 11.3 Å². The second kappa shape index (κ2) is 5.23. The summed E-state index contributed by atoms with van der Waals surface area (Å²) in [4.78, 5) is 0. The Morgan fingerprint density at radius 2 is 2.14 bits per heavy atom. The third-order valence-electron chi connectivity index (χ3n) is 2.09. The Bertz CT molecular complexity index is 301. The van der Waals surface area contributed by atoms with Gasteiger partial charge in [0, 0.05) is 18.0 Å². The van der Waals surface area contributed by atoms with Crippen molar-refractivity contribution in [2.45, 2.75) is 26.5 Å². The Morgan fingerprint density at radius 1 is 1.43 bits per heavy atom. The Kier molecular flexibility index (Phi) is 4.23. The number of nitrogens with one attached hydrogen (secondary N) is 1. The van der Waals surface area contributed by atoms with Gasteiger partial charge in [0.25, 0.3) is 0 Å². The van der Waals surface area contributed by atoms with Crippen LogP contribution in [0, 0.1) is 13.8 Å². The first-order valence-electron chi connectivity index (χ1n) is 4.71. The van der Waals surface area contributed by atoms with Crippen molar-refractivity contribution in [3.8, 4) is 0 Å². The number of rotatable bonds is 4. The molecule has 1 unspecified atom stereocenters. The van der Waals surface area contributed by atoms with Gasteiger partial charge < -0.3 is 10.4 Å². The fourth-order valence-corrected chi connectivity index (χ4v) is 1.54. The molecule has 1 atom stereocenters. The summed E-state index contributed by atoms with van der Waals surface area (Å²) in [6.07, 6.45) is -0.0107. The molecule has 0 radical (unpaired) electrons. The van der Waals surface area contributed by atoms with E-state index in [4.69, 9.17) is 11.6 Å². The van der Waals surface area contributed by atoms with E-state index < -0.39 is 6.23 Å². The number of aryl methyl sites for hydroxylation is 2. The minimum atomic E-state index is -0.561. The highest BCUT2D eigenvalue weighted by Crippen LogP contribution is 2.17. The van der Waals surface area contributed by atoms with Crippen molar-refractivity contribution in [3.05, 3.63) is 29.3 Å². The number of halogens is 1. The van der Waals surface area contributed by atoms with Crippen LogP contribution in [0.5, 0.6) is 0 Å². The fraction of sp³-hybridized carbons (Fsp3) is 0.455. The molecule has 0 amide bonds. The molecule has 3 heteroatoms. The number of hydrogen-bond donors (Lipinski definition) is 2. The van der Waals surface area contributed by atoms with E-state index in [1.165, 1.54) is 5.56 Å². The third-order valence-corrected chi connectivity index (χ3v) is 2.30. The molecule has 14 heavy (non-hydrogen) atoms. The molecule has 2 nitrogen and oxygen atoms in total. The summed E-state index contributed by atoms with van der Waals surface area (Å²) < 4.78 is 0. The molecule has 0 aromatic heterocycles. The zero-order valence-corrected chi connectivity index (χ0v) is 9.30. The van der Waals surface area contributed by atoms with Crippen molar-refractivity contribution < 1.29 is 5.11 Å². The second-order valence-corrected chi connectivity index (χ2v) is 3.83. The maximum absolute atomic E-state index is 9.50. The lowest BCUT2D eigenvalue weighted by Gasteiger charge is -2.15. The first-order chi connectivity index (χ1) is 6.63. The van der Waals surface area contributed by atoms with Gasteiger partial charge in [-0.15, -0.1) is 11.6 Å². The van der Waals surface area contributed by atoms with Gasteiger partial charge in [0.15, 0.2) is 0 Å². The minimum Gasteiger partial charge on any atom is -0.374 e. The molecular weight excluding hydrogens is 198 g/mol. The first kappa shape index (κ1) is 11.3. The van der Waals surface area contributed by atoms with Crippen LogP contribution in [0.4, 0.5) is 5.69 Å². The summed E-state index contributed by atoms with van der Waals surface area (Å²) in [5, 5.41) is 12.5. The normalized spacial score (nSPS) is 12.6. The monoisotopic (exact) mass is 213 g/mol. The number of aliphatic hydroxyl groups excluding tert-OH is 1. The van der Waals surface area contributed by atoms with Crippen LogP contribution in [0.3, 0.4) is 0 Å². The molecule has 0 saturated heterocycles. The summed E-state index contributed by atoms with van der Waals surface area (Å²) in [5.41, 5.74) is 3.33. The van der Waals surface area contributed by atoms with E-state index in [1.54, 1.807) is 0 Å². The first-order valence-corrected chi connectivity index (χ1v) is 5.24. The highest BCUT2D eigenvalue weighted by atomic mass is 35.5. The highest BCUT2D eigenvalue weighted by Gasteiger charge is 2.04. The van der Waals surface area contributed by atoms with Gasteiger partial charge in [-0.1, -0.05) is 17.7 Å². The molecule has 0 fully saturated rings. The molecule has 1 rings (SSSR count). The van der Waals surface area contributed by atoms with Gasteiger partial charge >= 0.3 is 0 Å². The van der Waals surface area contributed by atoms with Crippen molar-refractivity contribution in [1.29, 1.82) is 0 Å². The number of hydrogen-bond acceptors (Lipinski definition) is 2. The van der Waals surface area contributed by atoms with Crippen LogP contribution in [0.1, 0.15) is 17.5 Å². The van der Waals surface area contributed by atoms with Crippen molar-refractivity contribution in [2.75, 3.05) is 11.2 Å². The van der Waals surface area contributed by atoms with Crippen molar-refractivity contribution in [2.24, 2.45) is 0 Å². The summed E-state index contributed by atoms with van der Waals surface area (Å²) in [7, 11) is 0. The Hall–Kier alpha value is -0.730. The van der Waals surface area contributed by atoms with Crippen LogP contribution in [-0.2, 0) is 0 Å². The molecule has 2 N–H and O–H groups in total. The average Bonchev–Trinajstić information content (AvgIpc) is 2.10. The number of anilines is 1. The molecule has 1 aromatic rings. The molecule has 0 spiro atoms. The molecule has 0 bridgehead atoms. The van der Waals surface area contributed by atoms with Crippen molar-refractivity contribution in [1.82, 2.24) is 0 Å². The molecule has 0 aliphatic heterocycles. The SMILES string of the molecule is Cc1ccc(NC(O)CCCl)c(C)c1. The van der Waals surface area contributed by atoms with Crippen molar-refractivity contribution in [3.63, 3.8) is 0 Å². The number of aliphatic hydroxyl groups is 1. The summed E-state index contributed by atoms with van der Waals surface area (Å²) >= 11 is 5.53. The third kappa shape index (κ3) is 3.20. The predicted octanol–water partition coefficient (Wildman–Crippen LogP) is 2.66. The minimum absolute atomic E-state index is 0.457. The summed E-state index contributed by atoms with van der Waals surface area (Å²) in [5.74, 6) is 0.457. The molecule has 0 aliphatic carbocycles. The highest BCUT2D eigenvalue weighted by molar-refractivity contribution is 6.17. The molecule has 0 saturated carbocycles. The van der Waals surface area contributed by atoms with Gasteiger partial charge in [-0.25, -0.2) is 0 Å². The lowest BCUT2D eigenvalue weighted by atomic mass is 10.1. The van der Waals surface area contributed by atoms with E-state index in [-0.39, 0.29) is 0 Å². The zero-order chi connectivity index (χ0) is 10.6. The van der Waals surface area contributed by atoms with Gasteiger partial charge in [-0.05, 0) is 25.5 Å². The Labute approximate surface area is 89.9 Å². The molecule has 78 valence electrons. The van der Waals surface area contributed by atoms with E-state index in [0.29, 0.717) is 12.3 Å². The summed E-state index contributed by atoms with van der Waals surface area (Å²) in [6, 6.07) is 6.07. The molecular formula is C11H16ClNO. The van der Waals surface area contributed by atoms with Gasteiger partial charge in [0.05, 0.1) is 0 Å². The maximum atomic E-state index is 9.50. The lowest BCUT2D eigenvalue weighted by molar-refractivity contribution is 0.200. The van der Waals surface area contributed by atoms with Gasteiger partial charge in [-0.2, -0.15) is 0 Å². The van der Waals surface area contributed by atoms with E-state index in [9.17, 15) is 5.11 Å². The maximum Gasteiger partial charge on any atom is 0.125 e. The lowest BCUT2D eigenvalue weighted by Crippen LogP contribution is -2.19. The second-order valence-electron chi connectivity index (χ2n) is 3.46. The topological polar surface area (TPSA) is 32.3 Å². The van der Waals surface area contributed by atoms with E-state index in [1.807, 2.05) is 26.0 Å². The number of benzene rings is 1. The van der Waals surface area contributed by atoms with E-state index in [2.05, 4.69) is 11.4 Å². The van der Waals surface area contributed by atoms with Crippen LogP contribution in [0.2, 0.25) is 0 Å². The van der Waals surface area contributed by atoms with Crippen LogP contribution in [-0.4, -0.2) is 17.2 Å². The van der Waals surface area contributed by atoms with Crippen LogP contribution < -0.4 is 5.32 Å². The Morgan fingerprint density at radius 3 is 2.71 bits per heavy atom. The fourth-order valence-electron chi connectivity index (χ4n) is 1.33. The van der Waals surface area contributed by atoms with Gasteiger partial charge in [0.2, 0.25) is 0 Å². The van der Waals surface area contributed by atoms with Crippen LogP contribution in [0.25, 0.3) is 0 Å². The smallest absolute Gasteiger partial charge is 0.125 e. The van der Waals surface area contributed by atoms with E-state index >= 15 is 0 Å². The largest absolute Gasteiger partial charge is 0.374 e. The van der Waals surface area contributed by atoms with Crippen LogP contribution >= 0.6 is 11.6 Å². The Balaban J connectivity index is 2.67. The average molecular weight is 214 g/mol. The summed E-state index contributed by atoms with van der Waals surface area (Å²) in [6.45, 7) is 4.06. The standard InChI is InChI=1S/C11H16ClNO/c1-8-3-4-10(9(2)7-8)13-11(14)5-6-12/h3-4,7,11,13-14H,5-6H2,1-2H3. The van der Waals surface area contributed by atoms with Gasteiger partial charge in [0.1, 0.15) is 6.23 Å². The molecule has 1 aromatic carbocycles. The predicted molar refractivity (Wildman–Crippen MR) is 60.9 cm³/mol. The van der Waals surface area contributed by atoms with Gasteiger partial charge in [-0.3, -0.25) is 0 Å². The zero-order valence-electron chi connectivity index (χ0n) is 8.55. The molecule has 0 heterocycles. The quantitative estimate of drug-likeness (QED) is 0.596. The number of alkyl halides is 1. The molecule has 0 aliphatic rings. The van der Waals surface area contributed by atoms with Crippen molar-refractivity contribution >= 4 is 17.3 Å².